The number of amides is 1. The maximum absolute atomic E-state index is 12.1. The lowest BCUT2D eigenvalue weighted by Gasteiger charge is -2.15. The topological polar surface area (TPSA) is 42.8 Å². The summed E-state index contributed by atoms with van der Waals surface area (Å²) in [7, 11) is 1.85. The Morgan fingerprint density at radius 1 is 1.16 bits per heavy atom. The molecule has 0 saturated carbocycles. The average Bonchev–Trinajstić information content (AvgIpc) is 2.50. The molecule has 134 valence electrons. The van der Waals surface area contributed by atoms with Gasteiger partial charge in [0.1, 0.15) is 12.3 Å². The first-order valence-corrected chi connectivity index (χ1v) is 7.81. The van der Waals surface area contributed by atoms with Gasteiger partial charge in [-0.15, -0.1) is 13.2 Å². The molecule has 0 saturated heterocycles. The molecule has 0 fully saturated rings. The van der Waals surface area contributed by atoms with Gasteiger partial charge in [0.05, 0.1) is 7.05 Å². The zero-order valence-corrected chi connectivity index (χ0v) is 14.1. The number of anilines is 1. The number of halogens is 4. The van der Waals surface area contributed by atoms with Crippen molar-refractivity contribution in [1.82, 2.24) is 0 Å². The summed E-state index contributed by atoms with van der Waals surface area (Å²) in [5, 5.41) is 3.27. The van der Waals surface area contributed by atoms with Crippen LogP contribution >= 0.6 is 11.6 Å². The predicted molar refractivity (Wildman–Crippen MR) is 88.7 cm³/mol. The minimum Gasteiger partial charge on any atom is -0.406 e. The third-order valence-corrected chi connectivity index (χ3v) is 3.65. The molecule has 25 heavy (non-hydrogen) atoms. The van der Waals surface area contributed by atoms with Crippen LogP contribution in [0, 0.1) is 0 Å². The Bertz CT molecular complexity index is 721. The van der Waals surface area contributed by atoms with Gasteiger partial charge in [0, 0.05) is 16.3 Å². The molecule has 0 aromatic heterocycles. The number of nitrogens with one attached hydrogen (secondary N) is 2. The van der Waals surface area contributed by atoms with E-state index in [9.17, 15) is 18.0 Å². The SMILES string of the molecule is C[NH+](CC(=O)Nc1ccc(OC(F)(F)F)cc1)Cc1ccccc1Cl. The first-order chi connectivity index (χ1) is 11.7. The van der Waals surface area contributed by atoms with Gasteiger partial charge in [-0.05, 0) is 30.3 Å². The quantitative estimate of drug-likeness (QED) is 0.817. The van der Waals surface area contributed by atoms with E-state index in [2.05, 4.69) is 10.1 Å². The van der Waals surface area contributed by atoms with Crippen molar-refractivity contribution in [2.24, 2.45) is 0 Å². The van der Waals surface area contributed by atoms with Crippen LogP contribution in [0.5, 0.6) is 5.75 Å². The summed E-state index contributed by atoms with van der Waals surface area (Å²) in [6.07, 6.45) is -4.74. The summed E-state index contributed by atoms with van der Waals surface area (Å²) in [4.78, 5) is 13.0. The fraction of sp³-hybridized carbons (Fsp3) is 0.235. The van der Waals surface area contributed by atoms with Gasteiger partial charge in [0.2, 0.25) is 0 Å². The van der Waals surface area contributed by atoms with Gasteiger partial charge in [0.25, 0.3) is 5.91 Å². The number of hydrogen-bond acceptors (Lipinski definition) is 2. The molecule has 1 amide bonds. The van der Waals surface area contributed by atoms with Crippen LogP contribution in [0.1, 0.15) is 5.56 Å². The summed E-state index contributed by atoms with van der Waals surface area (Å²) in [6.45, 7) is 0.761. The Labute approximate surface area is 148 Å². The summed E-state index contributed by atoms with van der Waals surface area (Å²) in [5.41, 5.74) is 1.33. The summed E-state index contributed by atoms with van der Waals surface area (Å²) in [6, 6.07) is 12.4. The number of quaternary nitrogens is 1. The van der Waals surface area contributed by atoms with Crippen LogP contribution in [0.3, 0.4) is 0 Å². The van der Waals surface area contributed by atoms with Gasteiger partial charge in [-0.25, -0.2) is 0 Å². The minimum absolute atomic E-state index is 0.187. The molecule has 0 aliphatic carbocycles. The normalized spacial score (nSPS) is 12.5. The highest BCUT2D eigenvalue weighted by atomic mass is 35.5. The molecule has 0 radical (unpaired) electrons. The highest BCUT2D eigenvalue weighted by molar-refractivity contribution is 6.31. The molecule has 0 aliphatic heterocycles. The molecule has 1 atom stereocenters. The second kappa shape index (κ2) is 8.22. The molecule has 2 aromatic carbocycles. The molecular formula is C17H17ClF3N2O2+. The standard InChI is InChI=1S/C17H16ClF3N2O2/c1-23(10-12-4-2-3-5-15(12)18)11-16(24)22-13-6-8-14(9-7-13)25-17(19,20)21/h2-9H,10-11H2,1H3,(H,22,24)/p+1. The molecular weight excluding hydrogens is 357 g/mol. The van der Waals surface area contributed by atoms with E-state index in [0.29, 0.717) is 17.3 Å². The summed E-state index contributed by atoms with van der Waals surface area (Å²) < 4.78 is 40.1. The smallest absolute Gasteiger partial charge is 0.406 e. The third-order valence-electron chi connectivity index (χ3n) is 3.28. The number of carbonyl (C=O) groups is 1. The van der Waals surface area contributed by atoms with Crippen LogP contribution in [0.15, 0.2) is 48.5 Å². The third kappa shape index (κ3) is 6.64. The fourth-order valence-corrected chi connectivity index (χ4v) is 2.45. The van der Waals surface area contributed by atoms with Crippen molar-refractivity contribution in [3.8, 4) is 5.75 Å². The first-order valence-electron chi connectivity index (χ1n) is 7.43. The Kier molecular flexibility index (Phi) is 6.27. The van der Waals surface area contributed by atoms with Crippen LogP contribution in [0.4, 0.5) is 18.9 Å². The lowest BCUT2D eigenvalue weighted by atomic mass is 10.2. The largest absolute Gasteiger partial charge is 0.573 e. The monoisotopic (exact) mass is 373 g/mol. The van der Waals surface area contributed by atoms with Gasteiger partial charge in [-0.3, -0.25) is 4.79 Å². The Morgan fingerprint density at radius 3 is 2.40 bits per heavy atom. The number of ether oxygens (including phenoxy) is 1. The zero-order chi connectivity index (χ0) is 18.4. The van der Waals surface area contributed by atoms with E-state index in [4.69, 9.17) is 11.6 Å². The Hall–Kier alpha value is -2.25. The lowest BCUT2D eigenvalue weighted by molar-refractivity contribution is -0.885. The molecule has 4 nitrogen and oxygen atoms in total. The molecule has 0 aliphatic rings. The van der Waals surface area contributed by atoms with Gasteiger partial charge < -0.3 is 15.0 Å². The maximum Gasteiger partial charge on any atom is 0.573 e. The van der Waals surface area contributed by atoms with Crippen molar-refractivity contribution in [3.05, 3.63) is 59.1 Å². The minimum atomic E-state index is -4.74. The van der Waals surface area contributed by atoms with Crippen molar-refractivity contribution < 1.29 is 27.6 Å². The molecule has 2 rings (SSSR count). The van der Waals surface area contributed by atoms with E-state index < -0.39 is 6.36 Å². The molecule has 2 N–H and O–H groups in total. The predicted octanol–water partition coefficient (Wildman–Crippen LogP) is 2.89. The van der Waals surface area contributed by atoms with Crippen LogP contribution in [0.2, 0.25) is 5.02 Å². The molecule has 8 heteroatoms. The van der Waals surface area contributed by atoms with Gasteiger partial charge in [-0.2, -0.15) is 0 Å². The highest BCUT2D eigenvalue weighted by Gasteiger charge is 2.30. The Balaban J connectivity index is 1.86. The first kappa shape index (κ1) is 19.1. The Morgan fingerprint density at radius 2 is 1.80 bits per heavy atom. The van der Waals surface area contributed by atoms with Crippen LogP contribution < -0.4 is 15.0 Å². The number of benzene rings is 2. The number of rotatable bonds is 6. The van der Waals surface area contributed by atoms with Gasteiger partial charge >= 0.3 is 6.36 Å². The average molecular weight is 374 g/mol. The van der Waals surface area contributed by atoms with Crippen molar-refractivity contribution in [3.63, 3.8) is 0 Å². The maximum atomic E-state index is 12.1. The number of hydrogen-bond donors (Lipinski definition) is 2. The van der Waals surface area contributed by atoms with Gasteiger partial charge in [0.15, 0.2) is 6.54 Å². The van der Waals surface area contributed by atoms with E-state index in [1.165, 1.54) is 12.1 Å². The van der Waals surface area contributed by atoms with Crippen LogP contribution in [-0.2, 0) is 11.3 Å². The molecule has 0 bridgehead atoms. The van der Waals surface area contributed by atoms with Crippen LogP contribution in [0.25, 0.3) is 0 Å². The summed E-state index contributed by atoms with van der Waals surface area (Å²) >= 11 is 6.09. The second-order valence-corrected chi connectivity index (χ2v) is 5.93. The second-order valence-electron chi connectivity index (χ2n) is 5.52. The van der Waals surface area contributed by atoms with Gasteiger partial charge in [-0.1, -0.05) is 29.8 Å². The van der Waals surface area contributed by atoms with E-state index in [0.717, 1.165) is 22.6 Å². The summed E-state index contributed by atoms with van der Waals surface area (Å²) in [5.74, 6) is -0.596. The van der Waals surface area contributed by atoms with Crippen molar-refractivity contribution in [2.75, 3.05) is 18.9 Å². The fourth-order valence-electron chi connectivity index (χ4n) is 2.25. The molecule has 0 spiro atoms. The number of likely N-dealkylation sites (N-methyl/N-ethyl adjacent to an activating group) is 1. The van der Waals surface area contributed by atoms with Crippen LogP contribution in [-0.4, -0.2) is 25.9 Å². The van der Waals surface area contributed by atoms with E-state index in [1.54, 1.807) is 6.07 Å². The zero-order valence-electron chi connectivity index (χ0n) is 13.4. The van der Waals surface area contributed by atoms with E-state index in [1.807, 2.05) is 25.2 Å². The van der Waals surface area contributed by atoms with Crippen molar-refractivity contribution in [1.29, 1.82) is 0 Å². The number of alkyl halides is 3. The lowest BCUT2D eigenvalue weighted by Crippen LogP contribution is -3.08. The van der Waals surface area contributed by atoms with Crippen molar-refractivity contribution >= 4 is 23.2 Å². The van der Waals surface area contributed by atoms with E-state index in [-0.39, 0.29) is 18.2 Å². The van der Waals surface area contributed by atoms with E-state index >= 15 is 0 Å². The number of carbonyl (C=O) groups excluding carboxylic acids is 1. The van der Waals surface area contributed by atoms with Crippen molar-refractivity contribution in [2.45, 2.75) is 12.9 Å². The highest BCUT2D eigenvalue weighted by Crippen LogP contribution is 2.23. The molecule has 2 aromatic rings. The molecule has 1 unspecified atom stereocenters. The molecule has 0 heterocycles.